The average Bonchev–Trinajstić information content (AvgIpc) is 3.08. The predicted octanol–water partition coefficient (Wildman–Crippen LogP) is 2.35. The van der Waals surface area contributed by atoms with Gasteiger partial charge >= 0.3 is 5.97 Å². The first-order valence-electron chi connectivity index (χ1n) is 9.70. The minimum Gasteiger partial charge on any atom is -0.508 e. The number of aromatic hydroxyl groups is 1. The Hall–Kier alpha value is -3.19. The molecule has 0 fully saturated rings. The van der Waals surface area contributed by atoms with Gasteiger partial charge in [0.15, 0.2) is 5.60 Å². The lowest BCUT2D eigenvalue weighted by Crippen LogP contribution is -2.44. The summed E-state index contributed by atoms with van der Waals surface area (Å²) in [5.41, 5.74) is 2.47. The molecule has 29 heavy (non-hydrogen) atoms. The normalized spacial score (nSPS) is 19.6. The summed E-state index contributed by atoms with van der Waals surface area (Å²) in [6, 6.07) is 6.75. The Kier molecular flexibility index (Phi) is 3.64. The Morgan fingerprint density at radius 1 is 1.21 bits per heavy atom. The van der Waals surface area contributed by atoms with E-state index in [1.807, 2.05) is 6.92 Å². The van der Waals surface area contributed by atoms with Crippen LogP contribution in [0, 0.1) is 0 Å². The topological polar surface area (TPSA) is 102 Å². The molecule has 2 aliphatic heterocycles. The molecule has 5 rings (SSSR count). The van der Waals surface area contributed by atoms with Crippen molar-refractivity contribution in [3.05, 3.63) is 56.9 Å². The molecule has 0 amide bonds. The number of ether oxygens (including phenoxy) is 1. The maximum atomic E-state index is 13.2. The number of benzene rings is 1. The minimum absolute atomic E-state index is 0.110. The molecule has 7 heteroatoms. The van der Waals surface area contributed by atoms with Gasteiger partial charge < -0.3 is 19.5 Å². The van der Waals surface area contributed by atoms with Crippen LogP contribution in [0.1, 0.15) is 42.5 Å². The predicted molar refractivity (Wildman–Crippen MR) is 106 cm³/mol. The summed E-state index contributed by atoms with van der Waals surface area (Å²) in [6.45, 7) is 3.92. The second kappa shape index (κ2) is 5.90. The summed E-state index contributed by atoms with van der Waals surface area (Å²) in [4.78, 5) is 30.2. The third kappa shape index (κ3) is 2.25. The smallest absolute Gasteiger partial charge is 0.343 e. The van der Waals surface area contributed by atoms with Crippen LogP contribution >= 0.6 is 0 Å². The highest BCUT2D eigenvalue weighted by molar-refractivity contribution is 5.89. The van der Waals surface area contributed by atoms with E-state index < -0.39 is 11.6 Å². The second-order valence-electron chi connectivity index (χ2n) is 7.58. The first-order chi connectivity index (χ1) is 13.9. The van der Waals surface area contributed by atoms with Crippen LogP contribution in [0.3, 0.4) is 0 Å². The first kappa shape index (κ1) is 17.9. The highest BCUT2D eigenvalue weighted by Gasteiger charge is 2.45. The largest absolute Gasteiger partial charge is 0.508 e. The summed E-state index contributed by atoms with van der Waals surface area (Å²) in [5.74, 6) is -0.563. The van der Waals surface area contributed by atoms with E-state index >= 15 is 0 Å². The standard InChI is InChI=1S/C22H20N2O5/c1-3-12-13-7-11(25)5-6-17(13)23-19-14(12)9-24-18(19)8-16-15(20(24)26)10-29-21(27)22(16,28)4-2/h5-8,25,28H,3-4,9-10H2,1-2H3/t22-/m0/s1/i1+1,3+1,12+1. The zero-order chi connectivity index (χ0) is 20.5. The Labute approximate surface area is 166 Å². The molecule has 0 radical (unpaired) electrons. The number of hydrogen-bond acceptors (Lipinski definition) is 6. The molecular formula is C22H20N2O5. The number of phenolic OH excluding ortho intramolecular Hbond substituents is 1. The molecular weight excluding hydrogens is 375 g/mol. The second-order valence-corrected chi connectivity index (χ2v) is 7.58. The monoisotopic (exact) mass is 395 g/mol. The summed E-state index contributed by atoms with van der Waals surface area (Å²) >= 11 is 0. The molecule has 2 aliphatic rings. The fourth-order valence-electron chi connectivity index (χ4n) is 4.55. The van der Waals surface area contributed by atoms with Gasteiger partial charge in [-0.1, -0.05) is 13.8 Å². The Balaban J connectivity index is 1.84. The van der Waals surface area contributed by atoms with E-state index in [1.54, 1.807) is 35.8 Å². The molecule has 0 saturated heterocycles. The van der Waals surface area contributed by atoms with Crippen molar-refractivity contribution in [3.8, 4) is 17.1 Å². The maximum absolute atomic E-state index is 13.2. The Morgan fingerprint density at radius 2 is 2.00 bits per heavy atom. The number of aromatic nitrogens is 2. The van der Waals surface area contributed by atoms with Gasteiger partial charge in [-0.05, 0) is 42.7 Å². The fraction of sp³-hybridized carbons (Fsp3) is 0.318. The summed E-state index contributed by atoms with van der Waals surface area (Å²) in [6.07, 6.45) is 0.826. The van der Waals surface area contributed by atoms with Crippen LogP contribution in [-0.2, 0) is 34.7 Å². The van der Waals surface area contributed by atoms with E-state index in [1.165, 1.54) is 0 Å². The lowest BCUT2D eigenvalue weighted by molar-refractivity contribution is -0.172. The van der Waals surface area contributed by atoms with Gasteiger partial charge in [0.25, 0.3) is 5.56 Å². The van der Waals surface area contributed by atoms with Gasteiger partial charge in [-0.15, -0.1) is 0 Å². The van der Waals surface area contributed by atoms with E-state index in [4.69, 9.17) is 9.72 Å². The van der Waals surface area contributed by atoms with Crippen LogP contribution in [0.5, 0.6) is 5.75 Å². The molecule has 7 nitrogen and oxygen atoms in total. The van der Waals surface area contributed by atoms with Crippen molar-refractivity contribution in [2.24, 2.45) is 0 Å². The van der Waals surface area contributed by atoms with E-state index in [0.717, 1.165) is 22.0 Å². The van der Waals surface area contributed by atoms with Gasteiger partial charge in [0, 0.05) is 16.5 Å². The van der Waals surface area contributed by atoms with E-state index in [0.29, 0.717) is 35.5 Å². The molecule has 0 unspecified atom stereocenters. The number of hydrogen-bond donors (Lipinski definition) is 2. The van der Waals surface area contributed by atoms with Gasteiger partial charge in [-0.25, -0.2) is 9.78 Å². The Morgan fingerprint density at radius 3 is 2.72 bits per heavy atom. The van der Waals surface area contributed by atoms with Crippen LogP contribution in [0.15, 0.2) is 29.1 Å². The maximum Gasteiger partial charge on any atom is 0.343 e. The molecule has 0 aliphatic carbocycles. The van der Waals surface area contributed by atoms with E-state index in [9.17, 15) is 19.8 Å². The average molecular weight is 395 g/mol. The molecule has 0 bridgehead atoms. The molecule has 1 aromatic carbocycles. The lowest BCUT2D eigenvalue weighted by atomic mass is 9.86. The number of cyclic esters (lactones) is 1. The van der Waals surface area contributed by atoms with Crippen molar-refractivity contribution in [3.63, 3.8) is 0 Å². The molecule has 2 N–H and O–H groups in total. The van der Waals surface area contributed by atoms with Crippen LogP contribution < -0.4 is 5.56 Å². The van der Waals surface area contributed by atoms with Crippen LogP contribution in [0.2, 0.25) is 0 Å². The number of rotatable bonds is 2. The highest BCUT2D eigenvalue weighted by Crippen LogP contribution is 2.40. The van der Waals surface area contributed by atoms with Crippen molar-refractivity contribution in [1.82, 2.24) is 9.55 Å². The molecule has 148 valence electrons. The van der Waals surface area contributed by atoms with Crippen LogP contribution in [0.4, 0.5) is 0 Å². The van der Waals surface area contributed by atoms with Crippen LogP contribution in [0.25, 0.3) is 22.3 Å². The number of esters is 1. The number of carbonyl (C=O) groups is 1. The van der Waals surface area contributed by atoms with Gasteiger partial charge in [-0.2, -0.15) is 0 Å². The quantitative estimate of drug-likeness (QED) is 0.399. The summed E-state index contributed by atoms with van der Waals surface area (Å²) in [7, 11) is 0. The fourth-order valence-corrected chi connectivity index (χ4v) is 4.55. The number of aryl methyl sites for hydroxylation is 1. The third-order valence-corrected chi connectivity index (χ3v) is 6.14. The van der Waals surface area contributed by atoms with Crippen molar-refractivity contribution in [1.29, 1.82) is 0 Å². The Bertz CT molecular complexity index is 1280. The van der Waals surface area contributed by atoms with E-state index in [-0.39, 0.29) is 24.3 Å². The van der Waals surface area contributed by atoms with Gasteiger partial charge in [0.2, 0.25) is 0 Å². The van der Waals surface area contributed by atoms with Crippen molar-refractivity contribution in [2.75, 3.05) is 0 Å². The summed E-state index contributed by atoms with van der Waals surface area (Å²) in [5, 5.41) is 21.7. The molecule has 4 heterocycles. The number of carbonyl (C=O) groups excluding carboxylic acids is 1. The number of nitrogens with zero attached hydrogens (tertiary/aromatic N) is 2. The van der Waals surface area contributed by atoms with Gasteiger partial charge in [-0.3, -0.25) is 4.79 Å². The van der Waals surface area contributed by atoms with Crippen molar-refractivity contribution >= 4 is 16.9 Å². The molecule has 0 saturated carbocycles. The number of aliphatic hydroxyl groups is 1. The number of fused-ring (bicyclic) bond motifs is 5. The zero-order valence-electron chi connectivity index (χ0n) is 16.2. The molecule has 0 spiro atoms. The highest BCUT2D eigenvalue weighted by atomic mass is 16.6. The summed E-state index contributed by atoms with van der Waals surface area (Å²) < 4.78 is 6.73. The van der Waals surface area contributed by atoms with Crippen molar-refractivity contribution in [2.45, 2.75) is 45.4 Å². The third-order valence-electron chi connectivity index (χ3n) is 6.14. The first-order valence-corrected chi connectivity index (χ1v) is 9.70. The molecule has 2 aromatic heterocycles. The molecule has 1 atom stereocenters. The minimum atomic E-state index is -1.83. The lowest BCUT2D eigenvalue weighted by Gasteiger charge is -2.31. The van der Waals surface area contributed by atoms with Crippen molar-refractivity contribution < 1.29 is 19.7 Å². The zero-order valence-corrected chi connectivity index (χ0v) is 16.2. The number of phenols is 1. The molecule has 3 aromatic rings. The van der Waals surface area contributed by atoms with Gasteiger partial charge in [0.05, 0.1) is 29.0 Å². The number of pyridine rings is 2. The SMILES string of the molecule is CC[C@@]1(O)C(=O)OCc2c1cc1n(c2=O)Cc2c-1nc1ccc(O)cc1[13c]2[13CH2][13CH3]. The van der Waals surface area contributed by atoms with Crippen LogP contribution in [-0.4, -0.2) is 25.7 Å². The van der Waals surface area contributed by atoms with Gasteiger partial charge in [0.1, 0.15) is 12.4 Å². The van der Waals surface area contributed by atoms with E-state index in [2.05, 4.69) is 0 Å².